The molecule has 0 fully saturated rings. The Balaban J connectivity index is 1.93. The van der Waals surface area contributed by atoms with Crippen molar-refractivity contribution in [3.63, 3.8) is 0 Å². The third-order valence-corrected chi connectivity index (χ3v) is 5.87. The Morgan fingerprint density at radius 2 is 1.89 bits per heavy atom. The molecule has 148 valence electrons. The molecule has 28 heavy (non-hydrogen) atoms. The van der Waals surface area contributed by atoms with E-state index in [2.05, 4.69) is 30.3 Å². The second-order valence-electron chi connectivity index (χ2n) is 7.46. The Morgan fingerprint density at radius 3 is 2.54 bits per heavy atom. The molecule has 3 rings (SSSR count). The average Bonchev–Trinajstić information content (AvgIpc) is 2.95. The molecule has 0 N–H and O–H groups in total. The molecule has 3 aromatic rings. The number of benzene rings is 1. The Hall–Kier alpha value is -2.34. The molecule has 0 spiro atoms. The van der Waals surface area contributed by atoms with Gasteiger partial charge >= 0.3 is 0 Å². The van der Waals surface area contributed by atoms with Crippen molar-refractivity contribution in [1.29, 1.82) is 0 Å². The second-order valence-corrected chi connectivity index (χ2v) is 8.40. The summed E-state index contributed by atoms with van der Waals surface area (Å²) in [6.45, 7) is 11.6. The van der Waals surface area contributed by atoms with Crippen LogP contribution in [0.1, 0.15) is 42.5 Å². The summed E-state index contributed by atoms with van der Waals surface area (Å²) in [7, 11) is 0. The predicted molar refractivity (Wildman–Crippen MR) is 115 cm³/mol. The molecule has 2 heterocycles. The van der Waals surface area contributed by atoms with Crippen LogP contribution in [0.3, 0.4) is 0 Å². The molecule has 0 unspecified atom stereocenters. The highest BCUT2D eigenvalue weighted by atomic mass is 32.2. The molecule has 0 saturated carbocycles. The molecule has 5 nitrogen and oxygen atoms in total. The highest BCUT2D eigenvalue weighted by Crippen LogP contribution is 2.22. The maximum atomic E-state index is 13.0. The smallest absolute Gasteiger partial charge is 0.262 e. The Kier molecular flexibility index (Phi) is 6.08. The van der Waals surface area contributed by atoms with Gasteiger partial charge in [0, 0.05) is 30.0 Å². The number of aryl methyl sites for hydroxylation is 1. The minimum Gasteiger partial charge on any atom is -0.349 e. The Bertz CT molecular complexity index is 1080. The van der Waals surface area contributed by atoms with E-state index in [0.29, 0.717) is 28.5 Å². The van der Waals surface area contributed by atoms with E-state index < -0.39 is 0 Å². The number of hydrogen-bond acceptors (Lipinski definition) is 4. The number of ketones is 1. The maximum Gasteiger partial charge on any atom is 0.262 e. The van der Waals surface area contributed by atoms with Gasteiger partial charge in [0.1, 0.15) is 0 Å². The van der Waals surface area contributed by atoms with E-state index in [1.54, 1.807) is 10.6 Å². The van der Waals surface area contributed by atoms with E-state index in [1.807, 2.05) is 38.1 Å². The van der Waals surface area contributed by atoms with Crippen LogP contribution in [0.15, 0.2) is 40.3 Å². The van der Waals surface area contributed by atoms with Gasteiger partial charge < -0.3 is 4.57 Å². The fourth-order valence-corrected chi connectivity index (χ4v) is 4.45. The number of nitrogens with zero attached hydrogens (tertiary/aromatic N) is 3. The molecule has 0 aliphatic rings. The van der Waals surface area contributed by atoms with Crippen LogP contribution in [-0.4, -0.2) is 25.7 Å². The SMILES string of the molecule is CCn1c(C)cc(C(=O)CSc2nc3ccccc3c(=O)n2CC(C)C)c1C. The number of carbonyl (C=O) groups is 1. The quantitative estimate of drug-likeness (QED) is 0.335. The van der Waals surface area contributed by atoms with Crippen LogP contribution in [-0.2, 0) is 13.1 Å². The van der Waals surface area contributed by atoms with Gasteiger partial charge in [0.25, 0.3) is 5.56 Å². The lowest BCUT2D eigenvalue weighted by Gasteiger charge is -2.14. The molecule has 0 saturated heterocycles. The lowest BCUT2D eigenvalue weighted by molar-refractivity contribution is 0.102. The van der Waals surface area contributed by atoms with Gasteiger partial charge in [-0.3, -0.25) is 14.2 Å². The summed E-state index contributed by atoms with van der Waals surface area (Å²) in [5, 5.41) is 1.22. The van der Waals surface area contributed by atoms with Gasteiger partial charge in [-0.2, -0.15) is 0 Å². The molecule has 0 atom stereocenters. The van der Waals surface area contributed by atoms with Gasteiger partial charge in [-0.1, -0.05) is 37.7 Å². The van der Waals surface area contributed by atoms with E-state index in [4.69, 9.17) is 0 Å². The summed E-state index contributed by atoms with van der Waals surface area (Å²) in [5.74, 6) is 0.632. The van der Waals surface area contributed by atoms with E-state index in [1.165, 1.54) is 11.8 Å². The van der Waals surface area contributed by atoms with Crippen LogP contribution < -0.4 is 5.56 Å². The largest absolute Gasteiger partial charge is 0.349 e. The molecule has 0 aliphatic carbocycles. The Labute approximate surface area is 169 Å². The van der Waals surface area contributed by atoms with E-state index in [-0.39, 0.29) is 17.1 Å². The number of fused-ring (bicyclic) bond motifs is 1. The number of aromatic nitrogens is 3. The molecule has 0 bridgehead atoms. The van der Waals surface area contributed by atoms with Crippen LogP contribution in [0.2, 0.25) is 0 Å². The molecule has 6 heteroatoms. The minimum atomic E-state index is -0.0431. The highest BCUT2D eigenvalue weighted by molar-refractivity contribution is 7.99. The highest BCUT2D eigenvalue weighted by Gasteiger charge is 2.18. The van der Waals surface area contributed by atoms with Crippen LogP contribution in [0.5, 0.6) is 0 Å². The van der Waals surface area contributed by atoms with Crippen molar-refractivity contribution < 1.29 is 4.79 Å². The summed E-state index contributed by atoms with van der Waals surface area (Å²) in [4.78, 5) is 30.5. The fraction of sp³-hybridized carbons (Fsp3) is 0.409. The van der Waals surface area contributed by atoms with Crippen molar-refractivity contribution in [2.24, 2.45) is 5.92 Å². The summed E-state index contributed by atoms with van der Waals surface area (Å²) >= 11 is 1.35. The molecule has 0 amide bonds. The van der Waals surface area contributed by atoms with Crippen molar-refractivity contribution >= 4 is 28.4 Å². The van der Waals surface area contributed by atoms with E-state index in [0.717, 1.165) is 23.5 Å². The number of para-hydroxylation sites is 1. The summed E-state index contributed by atoms with van der Waals surface area (Å²) in [6.07, 6.45) is 0. The molecule has 1 aromatic carbocycles. The monoisotopic (exact) mass is 397 g/mol. The first-order valence-electron chi connectivity index (χ1n) is 9.65. The zero-order valence-electron chi connectivity index (χ0n) is 17.2. The molecule has 0 aliphatic heterocycles. The summed E-state index contributed by atoms with van der Waals surface area (Å²) < 4.78 is 3.85. The van der Waals surface area contributed by atoms with Gasteiger partial charge in [-0.05, 0) is 44.9 Å². The number of rotatable bonds is 7. The number of carbonyl (C=O) groups excluding carboxylic acids is 1. The van der Waals surface area contributed by atoms with Crippen molar-refractivity contribution in [2.45, 2.75) is 52.9 Å². The normalized spacial score (nSPS) is 11.5. The van der Waals surface area contributed by atoms with Gasteiger partial charge in [0.15, 0.2) is 10.9 Å². The van der Waals surface area contributed by atoms with Gasteiger partial charge in [-0.15, -0.1) is 0 Å². The number of Topliss-reactive ketones (excluding diaryl/α,β-unsaturated/α-hetero) is 1. The molecule has 0 radical (unpaired) electrons. The van der Waals surface area contributed by atoms with Crippen LogP contribution in [0.4, 0.5) is 0 Å². The van der Waals surface area contributed by atoms with Gasteiger partial charge in [0.05, 0.1) is 16.7 Å². The van der Waals surface area contributed by atoms with E-state index in [9.17, 15) is 9.59 Å². The maximum absolute atomic E-state index is 13.0. The van der Waals surface area contributed by atoms with Crippen LogP contribution in [0.25, 0.3) is 10.9 Å². The van der Waals surface area contributed by atoms with Gasteiger partial charge in [-0.25, -0.2) is 4.98 Å². The fourth-order valence-electron chi connectivity index (χ4n) is 3.56. The van der Waals surface area contributed by atoms with Crippen LogP contribution in [0, 0.1) is 19.8 Å². The van der Waals surface area contributed by atoms with Crippen LogP contribution >= 0.6 is 11.8 Å². The summed E-state index contributed by atoms with van der Waals surface area (Å²) in [5.41, 5.74) is 3.47. The van der Waals surface area contributed by atoms with Crippen molar-refractivity contribution in [3.8, 4) is 0 Å². The second kappa shape index (κ2) is 8.35. The molecular weight excluding hydrogens is 370 g/mol. The average molecular weight is 398 g/mol. The zero-order chi connectivity index (χ0) is 20.4. The first-order valence-corrected chi connectivity index (χ1v) is 10.6. The third kappa shape index (κ3) is 3.92. The van der Waals surface area contributed by atoms with Crippen molar-refractivity contribution in [1.82, 2.24) is 14.1 Å². The number of thioether (sulfide) groups is 1. The van der Waals surface area contributed by atoms with Gasteiger partial charge in [0.2, 0.25) is 0 Å². The predicted octanol–water partition coefficient (Wildman–Crippen LogP) is 4.47. The van der Waals surface area contributed by atoms with Crippen molar-refractivity contribution in [3.05, 3.63) is 57.6 Å². The third-order valence-electron chi connectivity index (χ3n) is 4.90. The molecule has 2 aromatic heterocycles. The first-order chi connectivity index (χ1) is 13.3. The topological polar surface area (TPSA) is 56.9 Å². The minimum absolute atomic E-state index is 0.0431. The molecular formula is C22H27N3O2S. The standard InChI is InChI=1S/C22H27N3O2S/c1-6-24-15(4)11-18(16(24)5)20(26)13-28-22-23-19-10-8-7-9-17(19)21(27)25(22)12-14(2)3/h7-11,14H,6,12-13H2,1-5H3. The lowest BCUT2D eigenvalue weighted by Crippen LogP contribution is -2.25. The first kappa shape index (κ1) is 20.4. The Morgan fingerprint density at radius 1 is 1.18 bits per heavy atom. The number of hydrogen-bond donors (Lipinski definition) is 0. The van der Waals surface area contributed by atoms with E-state index >= 15 is 0 Å². The zero-order valence-corrected chi connectivity index (χ0v) is 18.0. The lowest BCUT2D eigenvalue weighted by atomic mass is 10.2. The summed E-state index contributed by atoms with van der Waals surface area (Å²) in [6, 6.07) is 9.33. The van der Waals surface area contributed by atoms with Crippen molar-refractivity contribution in [2.75, 3.05) is 5.75 Å².